The van der Waals surface area contributed by atoms with Crippen LogP contribution in [0.1, 0.15) is 58.3 Å². The number of H-pyrrole nitrogens is 1. The molecule has 0 saturated carbocycles. The number of hydrogen-bond donors (Lipinski definition) is 2. The number of aliphatic hydroxyl groups is 1. The van der Waals surface area contributed by atoms with Crippen molar-refractivity contribution >= 4 is 23.0 Å². The van der Waals surface area contributed by atoms with Crippen molar-refractivity contribution in [3.8, 4) is 0 Å². The van der Waals surface area contributed by atoms with Gasteiger partial charge in [0.25, 0.3) is 5.91 Å². The van der Waals surface area contributed by atoms with E-state index in [-0.39, 0.29) is 17.6 Å². The first-order valence-electron chi connectivity index (χ1n) is 9.56. The molecule has 4 aromatic heterocycles. The zero-order valence-electron chi connectivity index (χ0n) is 16.3. The van der Waals surface area contributed by atoms with Crippen LogP contribution in [0.2, 0.25) is 5.02 Å². The van der Waals surface area contributed by atoms with E-state index in [1.807, 2.05) is 12.1 Å². The number of halogens is 1. The number of imidazole rings is 1. The number of aromatic nitrogens is 5. The van der Waals surface area contributed by atoms with Gasteiger partial charge in [-0.15, -0.1) is 0 Å². The Labute approximate surface area is 176 Å². The van der Waals surface area contributed by atoms with Gasteiger partial charge in [0.2, 0.25) is 11.7 Å². The second kappa shape index (κ2) is 6.96. The lowest BCUT2D eigenvalue weighted by molar-refractivity contribution is 0.0644. The molecule has 5 heterocycles. The number of fused-ring (bicyclic) bond motifs is 2. The molecule has 30 heavy (non-hydrogen) atoms. The number of nitrogens with zero attached hydrogens (tertiary/aromatic N) is 5. The highest BCUT2D eigenvalue weighted by Gasteiger charge is 2.38. The first-order chi connectivity index (χ1) is 14.4. The summed E-state index contributed by atoms with van der Waals surface area (Å²) in [5.74, 6) is -0.102. The lowest BCUT2D eigenvalue weighted by Crippen LogP contribution is -2.41. The summed E-state index contributed by atoms with van der Waals surface area (Å²) >= 11 is 6.33. The SMILES string of the molecule is Cc1nc(C(C)O)oc1C(=O)N1CCc2[nH]cnc2[C@@H]1c1cc2c(Cl)cccn2n1. The van der Waals surface area contributed by atoms with E-state index in [1.54, 1.807) is 41.9 Å². The van der Waals surface area contributed by atoms with E-state index in [1.165, 1.54) is 0 Å². The smallest absolute Gasteiger partial charge is 0.292 e. The normalized spacial score (nSPS) is 17.3. The fourth-order valence-electron chi connectivity index (χ4n) is 3.85. The molecule has 154 valence electrons. The number of aromatic amines is 1. The summed E-state index contributed by atoms with van der Waals surface area (Å²) in [5, 5.41) is 15.0. The van der Waals surface area contributed by atoms with Gasteiger partial charge in [-0.3, -0.25) is 4.79 Å². The molecule has 1 aliphatic heterocycles. The Morgan fingerprint density at radius 2 is 2.30 bits per heavy atom. The van der Waals surface area contributed by atoms with Gasteiger partial charge in [-0.1, -0.05) is 11.6 Å². The molecule has 2 N–H and O–H groups in total. The van der Waals surface area contributed by atoms with Crippen LogP contribution in [0.5, 0.6) is 0 Å². The second-order valence-corrected chi connectivity index (χ2v) is 7.72. The second-order valence-electron chi connectivity index (χ2n) is 7.32. The average molecular weight is 427 g/mol. The predicted molar refractivity (Wildman–Crippen MR) is 107 cm³/mol. The van der Waals surface area contributed by atoms with E-state index in [0.29, 0.717) is 29.4 Å². The number of amides is 1. The molecule has 9 nitrogen and oxygen atoms in total. The minimum absolute atomic E-state index is 0.108. The molecule has 0 radical (unpaired) electrons. The number of carbonyl (C=O) groups excluding carboxylic acids is 1. The lowest BCUT2D eigenvalue weighted by Gasteiger charge is -2.33. The van der Waals surface area contributed by atoms with Crippen molar-refractivity contribution in [3.63, 3.8) is 0 Å². The molecule has 1 amide bonds. The number of aryl methyl sites for hydroxylation is 1. The molecule has 1 aliphatic rings. The Bertz CT molecular complexity index is 1260. The molecule has 0 bridgehead atoms. The van der Waals surface area contributed by atoms with Gasteiger partial charge in [0.1, 0.15) is 12.1 Å². The summed E-state index contributed by atoms with van der Waals surface area (Å²) in [6.45, 7) is 3.68. The zero-order chi connectivity index (χ0) is 21.0. The number of oxazole rings is 1. The summed E-state index contributed by atoms with van der Waals surface area (Å²) in [7, 11) is 0. The largest absolute Gasteiger partial charge is 0.432 e. The Balaban J connectivity index is 1.62. The molecule has 10 heteroatoms. The minimum Gasteiger partial charge on any atom is -0.432 e. The van der Waals surface area contributed by atoms with Gasteiger partial charge in [-0.25, -0.2) is 14.5 Å². The van der Waals surface area contributed by atoms with Crippen LogP contribution >= 0.6 is 11.6 Å². The summed E-state index contributed by atoms with van der Waals surface area (Å²) in [6.07, 6.45) is 3.16. The fraction of sp³-hybridized carbons (Fsp3) is 0.300. The molecule has 0 saturated heterocycles. The maximum absolute atomic E-state index is 13.5. The van der Waals surface area contributed by atoms with Crippen molar-refractivity contribution in [2.24, 2.45) is 0 Å². The Morgan fingerprint density at radius 3 is 3.03 bits per heavy atom. The van der Waals surface area contributed by atoms with Gasteiger partial charge in [0.15, 0.2) is 0 Å². The topological polar surface area (TPSA) is 113 Å². The van der Waals surface area contributed by atoms with Gasteiger partial charge in [-0.05, 0) is 32.0 Å². The number of rotatable bonds is 3. The summed E-state index contributed by atoms with van der Waals surface area (Å²) in [6, 6.07) is 4.96. The highest BCUT2D eigenvalue weighted by molar-refractivity contribution is 6.33. The monoisotopic (exact) mass is 426 g/mol. The fourth-order valence-corrected chi connectivity index (χ4v) is 4.07. The number of pyridine rings is 1. The van der Waals surface area contributed by atoms with Crippen LogP contribution in [0, 0.1) is 6.92 Å². The summed E-state index contributed by atoms with van der Waals surface area (Å²) in [4.78, 5) is 27.0. The molecule has 0 spiro atoms. The van der Waals surface area contributed by atoms with E-state index >= 15 is 0 Å². The molecule has 5 rings (SSSR count). The molecule has 4 aromatic rings. The maximum atomic E-state index is 13.5. The van der Waals surface area contributed by atoms with Crippen LogP contribution < -0.4 is 0 Å². The van der Waals surface area contributed by atoms with Crippen LogP contribution in [0.3, 0.4) is 0 Å². The van der Waals surface area contributed by atoms with Gasteiger partial charge < -0.3 is 19.4 Å². The quantitative estimate of drug-likeness (QED) is 0.521. The van der Waals surface area contributed by atoms with Crippen LogP contribution in [-0.4, -0.2) is 47.0 Å². The third-order valence-corrected chi connectivity index (χ3v) is 5.62. The molecule has 1 unspecified atom stereocenters. The van der Waals surface area contributed by atoms with Crippen molar-refractivity contribution in [1.82, 2.24) is 29.5 Å². The van der Waals surface area contributed by atoms with E-state index in [9.17, 15) is 9.90 Å². The molecule has 0 aliphatic carbocycles. The van der Waals surface area contributed by atoms with Crippen molar-refractivity contribution in [2.75, 3.05) is 6.54 Å². The van der Waals surface area contributed by atoms with E-state index in [2.05, 4.69) is 20.1 Å². The van der Waals surface area contributed by atoms with Gasteiger partial charge in [-0.2, -0.15) is 5.10 Å². The molecule has 2 atom stereocenters. The highest BCUT2D eigenvalue weighted by atomic mass is 35.5. The summed E-state index contributed by atoms with van der Waals surface area (Å²) < 4.78 is 7.28. The lowest BCUT2D eigenvalue weighted by atomic mass is 9.99. The maximum Gasteiger partial charge on any atom is 0.292 e. The highest BCUT2D eigenvalue weighted by Crippen LogP contribution is 2.35. The van der Waals surface area contributed by atoms with Crippen LogP contribution in [0.4, 0.5) is 0 Å². The number of hydrogen-bond acceptors (Lipinski definition) is 6. The van der Waals surface area contributed by atoms with Crippen molar-refractivity contribution in [3.05, 3.63) is 70.2 Å². The van der Waals surface area contributed by atoms with Crippen LogP contribution in [0.15, 0.2) is 35.1 Å². The molecule has 0 fully saturated rings. The van der Waals surface area contributed by atoms with Crippen molar-refractivity contribution in [2.45, 2.75) is 32.4 Å². The Hall–Kier alpha value is -3.17. The number of nitrogens with one attached hydrogen (secondary N) is 1. The number of carbonyl (C=O) groups is 1. The molecule has 0 aromatic carbocycles. The van der Waals surface area contributed by atoms with Gasteiger partial charge >= 0.3 is 0 Å². The summed E-state index contributed by atoms with van der Waals surface area (Å²) in [5.41, 5.74) is 3.53. The van der Waals surface area contributed by atoms with Crippen molar-refractivity contribution < 1.29 is 14.3 Å². The zero-order valence-corrected chi connectivity index (χ0v) is 17.1. The van der Waals surface area contributed by atoms with E-state index < -0.39 is 12.1 Å². The van der Waals surface area contributed by atoms with Crippen LogP contribution in [-0.2, 0) is 6.42 Å². The molecular formula is C20H19ClN6O3. The average Bonchev–Trinajstić information content (AvgIpc) is 3.44. The first-order valence-corrected chi connectivity index (χ1v) is 9.94. The van der Waals surface area contributed by atoms with E-state index in [4.69, 9.17) is 16.0 Å². The Morgan fingerprint density at radius 1 is 1.47 bits per heavy atom. The van der Waals surface area contributed by atoms with Crippen LogP contribution in [0.25, 0.3) is 5.52 Å². The Kier molecular flexibility index (Phi) is 4.37. The standard InChI is InChI=1S/C20H19ClN6O3/c1-10-18(30-19(24-10)11(2)28)20(29)26-7-5-13-16(23-9-22-13)17(26)14-8-15-12(21)4-3-6-27(15)25-14/h3-4,6,8-9,11,17,28H,5,7H2,1-2H3,(H,22,23)/t11?,17-/m0/s1. The van der Waals surface area contributed by atoms with Gasteiger partial charge in [0, 0.05) is 24.9 Å². The number of aliphatic hydroxyl groups excluding tert-OH is 1. The third kappa shape index (κ3) is 2.89. The predicted octanol–water partition coefficient (Wildman–Crippen LogP) is 2.85. The van der Waals surface area contributed by atoms with Gasteiger partial charge in [0.05, 0.1) is 33.9 Å². The third-order valence-electron chi connectivity index (χ3n) is 5.30. The first kappa shape index (κ1) is 18.8. The minimum atomic E-state index is -0.902. The molecular weight excluding hydrogens is 408 g/mol. The van der Waals surface area contributed by atoms with E-state index in [0.717, 1.165) is 16.9 Å². The van der Waals surface area contributed by atoms with Crippen molar-refractivity contribution in [1.29, 1.82) is 0 Å².